The quantitative estimate of drug-likeness (QED) is 0.346. The van der Waals surface area contributed by atoms with Gasteiger partial charge >= 0.3 is 11.9 Å². The molecule has 7 nitrogen and oxygen atoms in total. The van der Waals surface area contributed by atoms with Gasteiger partial charge in [0, 0.05) is 0 Å². The minimum Gasteiger partial charge on any atom is -0.462 e. The van der Waals surface area contributed by atoms with Crippen LogP contribution in [-0.2, 0) is 33.3 Å². The molecule has 0 bridgehead atoms. The largest absolute Gasteiger partial charge is 0.462 e. The summed E-state index contributed by atoms with van der Waals surface area (Å²) in [4.78, 5) is 22.8. The van der Waals surface area contributed by atoms with Crippen molar-refractivity contribution in [2.45, 2.75) is 112 Å². The maximum atomic E-state index is 11.5. The minimum atomic E-state index is -0.370. The van der Waals surface area contributed by atoms with Crippen molar-refractivity contribution < 1.29 is 33.3 Å². The molecule has 0 amide bonds. The van der Waals surface area contributed by atoms with Crippen molar-refractivity contribution in [2.75, 3.05) is 26.4 Å². The van der Waals surface area contributed by atoms with Gasteiger partial charge < -0.3 is 23.7 Å². The topological polar surface area (TPSA) is 90.2 Å². The third-order valence-electron chi connectivity index (χ3n) is 6.31. The summed E-state index contributed by atoms with van der Waals surface area (Å²) in [5.41, 5.74) is -0.917. The second-order valence-corrected chi connectivity index (χ2v) is 10.4. The van der Waals surface area contributed by atoms with E-state index in [9.17, 15) is 9.59 Å². The van der Waals surface area contributed by atoms with Crippen molar-refractivity contribution in [3.05, 3.63) is 0 Å². The van der Waals surface area contributed by atoms with Crippen molar-refractivity contribution >= 4 is 11.9 Å². The van der Waals surface area contributed by atoms with Crippen molar-refractivity contribution in [2.24, 2.45) is 10.8 Å². The van der Waals surface area contributed by atoms with Crippen molar-refractivity contribution in [1.29, 1.82) is 0 Å². The van der Waals surface area contributed by atoms with E-state index in [0.717, 1.165) is 19.4 Å². The Balaban J connectivity index is 0.000000250. The fraction of sp³-hybridized carbons (Fsp3) is 0.920. The summed E-state index contributed by atoms with van der Waals surface area (Å²) < 4.78 is 25.5. The van der Waals surface area contributed by atoms with E-state index in [4.69, 9.17) is 23.7 Å². The molecule has 0 radical (unpaired) electrons. The van der Waals surface area contributed by atoms with Crippen LogP contribution in [0.3, 0.4) is 0 Å². The van der Waals surface area contributed by atoms with E-state index in [2.05, 4.69) is 13.8 Å². The highest BCUT2D eigenvalue weighted by atomic mass is 16.6. The van der Waals surface area contributed by atoms with Gasteiger partial charge in [-0.25, -0.2) is 0 Å². The second-order valence-electron chi connectivity index (χ2n) is 10.4. The lowest BCUT2D eigenvalue weighted by atomic mass is 9.91. The molecule has 0 aliphatic carbocycles. The van der Waals surface area contributed by atoms with Crippen LogP contribution in [0.4, 0.5) is 0 Å². The van der Waals surface area contributed by atoms with E-state index in [1.807, 2.05) is 48.5 Å². The molecule has 7 heteroatoms. The number of carbonyl (C=O) groups excluding carboxylic acids is 2. The van der Waals surface area contributed by atoms with Gasteiger partial charge in [-0.3, -0.25) is 9.59 Å². The van der Waals surface area contributed by atoms with Crippen molar-refractivity contribution in [3.8, 4) is 0 Å². The first-order valence-electron chi connectivity index (χ1n) is 12.1. The van der Waals surface area contributed by atoms with Crippen molar-refractivity contribution in [1.82, 2.24) is 0 Å². The maximum Gasteiger partial charge on any atom is 0.311 e. The average molecular weight is 459 g/mol. The summed E-state index contributed by atoms with van der Waals surface area (Å²) >= 11 is 0. The van der Waals surface area contributed by atoms with Gasteiger partial charge in [0.2, 0.25) is 0 Å². The molecule has 4 unspecified atom stereocenters. The van der Waals surface area contributed by atoms with Gasteiger partial charge in [0.25, 0.3) is 0 Å². The third-order valence-corrected chi connectivity index (χ3v) is 6.31. The monoisotopic (exact) mass is 458 g/mol. The van der Waals surface area contributed by atoms with Crippen LogP contribution in [0.1, 0.15) is 88.0 Å². The first-order chi connectivity index (χ1) is 14.8. The molecule has 188 valence electrons. The maximum absolute atomic E-state index is 11.5. The van der Waals surface area contributed by atoms with Gasteiger partial charge in [-0.15, -0.1) is 0 Å². The molecule has 3 aliphatic heterocycles. The van der Waals surface area contributed by atoms with Gasteiger partial charge in [-0.2, -0.15) is 0 Å². The predicted molar refractivity (Wildman–Crippen MR) is 123 cm³/mol. The molecule has 0 aromatic heterocycles. The molecule has 0 aromatic rings. The first kappa shape index (κ1) is 28.9. The Kier molecular flexibility index (Phi) is 11.1. The number of carbonyl (C=O) groups is 2. The predicted octanol–water partition coefficient (Wildman–Crippen LogP) is 4.69. The molecule has 3 rings (SSSR count). The fourth-order valence-corrected chi connectivity index (χ4v) is 2.33. The third kappa shape index (κ3) is 10.6. The highest BCUT2D eigenvalue weighted by Gasteiger charge is 2.42. The SMILES string of the molecule is CCC(C)(C)C(=O)OCC1(C)CO1.CCC(C)(C)C(=O)OCC1CO1.CCC1OC1CC. The normalized spacial score (nSPS) is 27.7. The standard InChI is InChI=1S/C10H18O3.C9H16O3.C6H12O/c1-5-9(2,3)8(11)12-6-10(4)7-13-10;1-4-9(2,3)8(10)12-6-7-5-11-7;1-3-5-6(4-2)7-5/h5-7H2,1-4H3;7H,4-6H2,1-3H3;5-6H,3-4H2,1-2H3. The van der Waals surface area contributed by atoms with Gasteiger partial charge in [-0.05, 0) is 60.3 Å². The van der Waals surface area contributed by atoms with Crippen LogP contribution < -0.4 is 0 Å². The summed E-state index contributed by atoms with van der Waals surface area (Å²) in [7, 11) is 0. The first-order valence-corrected chi connectivity index (χ1v) is 12.1. The Morgan fingerprint density at radius 1 is 0.906 bits per heavy atom. The summed E-state index contributed by atoms with van der Waals surface area (Å²) in [6.45, 7) is 20.1. The number of rotatable bonds is 10. The molecule has 0 spiro atoms. The van der Waals surface area contributed by atoms with Gasteiger partial charge in [0.1, 0.15) is 24.9 Å². The zero-order valence-corrected chi connectivity index (χ0v) is 21.7. The second kappa shape index (κ2) is 12.3. The molecule has 3 saturated heterocycles. The highest BCUT2D eigenvalue weighted by Crippen LogP contribution is 2.28. The molecular weight excluding hydrogens is 412 g/mol. The van der Waals surface area contributed by atoms with Crippen LogP contribution >= 0.6 is 0 Å². The number of esters is 2. The minimum absolute atomic E-state index is 0.125. The van der Waals surface area contributed by atoms with E-state index in [1.165, 1.54) is 12.8 Å². The Bertz CT molecular complexity index is 583. The fourth-order valence-electron chi connectivity index (χ4n) is 2.33. The molecular formula is C25H46O7. The van der Waals surface area contributed by atoms with E-state index in [0.29, 0.717) is 32.0 Å². The molecule has 0 saturated carbocycles. The molecule has 32 heavy (non-hydrogen) atoms. The van der Waals surface area contributed by atoms with E-state index in [-0.39, 0.29) is 34.5 Å². The van der Waals surface area contributed by atoms with Crippen LogP contribution in [0.15, 0.2) is 0 Å². The molecule has 0 N–H and O–H groups in total. The van der Waals surface area contributed by atoms with Crippen LogP contribution in [0.2, 0.25) is 0 Å². The Hall–Kier alpha value is -1.18. The number of epoxide rings is 3. The summed E-state index contributed by atoms with van der Waals surface area (Å²) in [6.07, 6.45) is 5.38. The number of ether oxygens (including phenoxy) is 5. The highest BCUT2D eigenvalue weighted by molar-refractivity contribution is 5.76. The molecule has 3 aliphatic rings. The van der Waals surface area contributed by atoms with Crippen molar-refractivity contribution in [3.63, 3.8) is 0 Å². The summed E-state index contributed by atoms with van der Waals surface area (Å²) in [5.74, 6) is -0.257. The Labute approximate surface area is 194 Å². The zero-order chi connectivity index (χ0) is 24.6. The molecule has 0 aromatic carbocycles. The van der Waals surface area contributed by atoms with Crippen LogP contribution in [0.25, 0.3) is 0 Å². The zero-order valence-electron chi connectivity index (χ0n) is 21.7. The van der Waals surface area contributed by atoms with Crippen LogP contribution in [-0.4, -0.2) is 62.3 Å². The van der Waals surface area contributed by atoms with E-state index < -0.39 is 0 Å². The van der Waals surface area contributed by atoms with Crippen LogP contribution in [0.5, 0.6) is 0 Å². The van der Waals surface area contributed by atoms with E-state index in [1.54, 1.807) is 0 Å². The lowest BCUT2D eigenvalue weighted by Gasteiger charge is -2.20. The summed E-state index contributed by atoms with van der Waals surface area (Å²) in [5, 5.41) is 0. The smallest absolute Gasteiger partial charge is 0.311 e. The van der Waals surface area contributed by atoms with Gasteiger partial charge in [-0.1, -0.05) is 27.7 Å². The molecule has 3 heterocycles. The summed E-state index contributed by atoms with van der Waals surface area (Å²) in [6, 6.07) is 0. The van der Waals surface area contributed by atoms with Gasteiger partial charge in [0.05, 0.1) is 36.3 Å². The average Bonchev–Trinajstić information content (AvgIpc) is 3.64. The number of hydrogen-bond acceptors (Lipinski definition) is 7. The molecule has 4 atom stereocenters. The Morgan fingerprint density at radius 2 is 1.34 bits per heavy atom. The van der Waals surface area contributed by atoms with Crippen LogP contribution in [0, 0.1) is 10.8 Å². The lowest BCUT2D eigenvalue weighted by Crippen LogP contribution is -2.29. The number of hydrogen-bond donors (Lipinski definition) is 0. The molecule has 3 fully saturated rings. The Morgan fingerprint density at radius 3 is 1.66 bits per heavy atom. The van der Waals surface area contributed by atoms with Gasteiger partial charge in [0.15, 0.2) is 0 Å². The van der Waals surface area contributed by atoms with E-state index >= 15 is 0 Å². The lowest BCUT2D eigenvalue weighted by molar-refractivity contribution is -0.156.